The summed E-state index contributed by atoms with van der Waals surface area (Å²) in [5.74, 6) is -3.20. The van der Waals surface area contributed by atoms with Gasteiger partial charge in [0.25, 0.3) is 6.02 Å². The maximum atomic E-state index is 16.8. The molecule has 0 aliphatic carbocycles. The van der Waals surface area contributed by atoms with Gasteiger partial charge in [-0.2, -0.15) is 8.78 Å². The van der Waals surface area contributed by atoms with Gasteiger partial charge >= 0.3 is 5.92 Å². The number of rotatable bonds is 9. The number of amidine groups is 1. The fourth-order valence-electron chi connectivity index (χ4n) is 6.56. The number of hydrogen-bond acceptors (Lipinski definition) is 6. The normalized spacial score (nSPS) is 18.0. The van der Waals surface area contributed by atoms with Crippen molar-refractivity contribution >= 4 is 17.4 Å². The van der Waals surface area contributed by atoms with Gasteiger partial charge in [-0.3, -0.25) is 0 Å². The van der Waals surface area contributed by atoms with E-state index >= 15 is 13.2 Å². The molecule has 50 heavy (non-hydrogen) atoms. The van der Waals surface area contributed by atoms with Crippen LogP contribution in [0, 0.1) is 12.7 Å². The molecule has 258 valence electrons. The number of anilines is 2. The number of halogens is 3. The average molecular weight is 680 g/mol. The quantitative estimate of drug-likeness (QED) is 0.152. The molecular formula is C41H40F3N3O3. The van der Waals surface area contributed by atoms with E-state index in [1.54, 1.807) is 14.2 Å². The largest absolute Gasteiger partial charge is 0.497 e. The first-order valence-corrected chi connectivity index (χ1v) is 16.3. The molecule has 0 bridgehead atoms. The number of nitrogens with one attached hydrogen (secondary N) is 2. The van der Waals surface area contributed by atoms with Gasteiger partial charge in [0.05, 0.1) is 14.2 Å². The maximum absolute atomic E-state index is 16.8. The van der Waals surface area contributed by atoms with Crippen LogP contribution in [0.3, 0.4) is 0 Å². The highest BCUT2D eigenvalue weighted by Crippen LogP contribution is 2.53. The summed E-state index contributed by atoms with van der Waals surface area (Å²) in [5.41, 5.74) is -1.61. The van der Waals surface area contributed by atoms with Gasteiger partial charge in [-0.25, -0.2) is 9.38 Å². The summed E-state index contributed by atoms with van der Waals surface area (Å²) in [6.07, 6.45) is 0. The molecular weight excluding hydrogens is 639 g/mol. The number of benzene rings is 5. The number of methoxy groups -OCH3 is 2. The predicted octanol–water partition coefficient (Wildman–Crippen LogP) is 9.49. The lowest BCUT2D eigenvalue weighted by Crippen LogP contribution is -2.64. The molecule has 1 atom stereocenters. The van der Waals surface area contributed by atoms with Crippen LogP contribution < -0.4 is 20.1 Å². The number of aryl methyl sites for hydroxylation is 1. The SMILES string of the molecule is COc1ccc(C(NC2=NC(C)(c3cc(Nc4ccccc4C)ccc3F)C(F)(F)C(C)(C)O2)(c2ccccc2)c2ccc(OC)cc2)cc1. The van der Waals surface area contributed by atoms with Crippen molar-refractivity contribution in [2.45, 2.75) is 50.3 Å². The van der Waals surface area contributed by atoms with E-state index in [0.29, 0.717) is 17.2 Å². The highest BCUT2D eigenvalue weighted by Gasteiger charge is 2.66. The van der Waals surface area contributed by atoms with E-state index < -0.39 is 28.4 Å². The second-order valence-corrected chi connectivity index (χ2v) is 13.0. The molecule has 0 aromatic heterocycles. The molecule has 0 saturated heterocycles. The zero-order valence-electron chi connectivity index (χ0n) is 28.9. The topological polar surface area (TPSA) is 64.1 Å². The molecule has 5 aromatic rings. The molecule has 9 heteroatoms. The first-order chi connectivity index (χ1) is 23.8. The van der Waals surface area contributed by atoms with Gasteiger partial charge in [0.1, 0.15) is 22.9 Å². The molecule has 0 spiro atoms. The zero-order chi connectivity index (χ0) is 35.7. The minimum atomic E-state index is -3.66. The molecule has 1 aliphatic rings. The Bertz CT molecular complexity index is 1950. The fourth-order valence-corrected chi connectivity index (χ4v) is 6.56. The van der Waals surface area contributed by atoms with E-state index in [0.717, 1.165) is 27.9 Å². The van der Waals surface area contributed by atoms with E-state index in [1.165, 1.54) is 39.0 Å². The number of para-hydroxylation sites is 1. The second kappa shape index (κ2) is 13.1. The summed E-state index contributed by atoms with van der Waals surface area (Å²) in [6, 6.07) is 35.9. The maximum Gasteiger partial charge on any atom is 0.315 e. The van der Waals surface area contributed by atoms with Gasteiger partial charge in [0, 0.05) is 16.9 Å². The molecule has 5 aromatic carbocycles. The number of aliphatic imine (C=N–C) groups is 1. The zero-order valence-corrected chi connectivity index (χ0v) is 28.9. The minimum absolute atomic E-state index is 0.185. The van der Waals surface area contributed by atoms with Crippen molar-refractivity contribution in [3.63, 3.8) is 0 Å². The van der Waals surface area contributed by atoms with Crippen LogP contribution in [-0.2, 0) is 15.8 Å². The fraction of sp³-hybridized carbons (Fsp3) is 0.244. The van der Waals surface area contributed by atoms with E-state index in [4.69, 9.17) is 14.2 Å². The lowest BCUT2D eigenvalue weighted by Gasteiger charge is -2.49. The van der Waals surface area contributed by atoms with Crippen LogP contribution in [0.1, 0.15) is 48.6 Å². The summed E-state index contributed by atoms with van der Waals surface area (Å²) >= 11 is 0. The number of alkyl halides is 2. The average Bonchev–Trinajstić information content (AvgIpc) is 3.12. The first kappa shape index (κ1) is 34.4. The number of nitrogens with zero attached hydrogens (tertiary/aromatic N) is 1. The third-order valence-corrected chi connectivity index (χ3v) is 9.51. The summed E-state index contributed by atoms with van der Waals surface area (Å²) < 4.78 is 66.5. The lowest BCUT2D eigenvalue weighted by atomic mass is 9.76. The minimum Gasteiger partial charge on any atom is -0.497 e. The molecule has 1 aliphatic heterocycles. The van der Waals surface area contributed by atoms with Crippen molar-refractivity contribution < 1.29 is 27.4 Å². The summed E-state index contributed by atoms with van der Waals surface area (Å²) in [6.45, 7) is 5.76. The summed E-state index contributed by atoms with van der Waals surface area (Å²) in [5, 5.41) is 6.72. The molecule has 0 fully saturated rings. The van der Waals surface area contributed by atoms with Gasteiger partial charge in [-0.15, -0.1) is 0 Å². The molecule has 1 unspecified atom stereocenters. The molecule has 0 saturated carbocycles. The van der Waals surface area contributed by atoms with Crippen LogP contribution in [0.25, 0.3) is 0 Å². The van der Waals surface area contributed by atoms with Gasteiger partial charge in [0.2, 0.25) is 0 Å². The Kier molecular flexibility index (Phi) is 9.03. The number of hydrogen-bond donors (Lipinski definition) is 2. The van der Waals surface area contributed by atoms with Crippen LogP contribution >= 0.6 is 0 Å². The third kappa shape index (κ3) is 5.91. The second-order valence-electron chi connectivity index (χ2n) is 13.0. The Morgan fingerprint density at radius 3 is 1.80 bits per heavy atom. The molecule has 6 rings (SSSR count). The highest BCUT2D eigenvalue weighted by molar-refractivity contribution is 5.80. The predicted molar refractivity (Wildman–Crippen MR) is 191 cm³/mol. The monoisotopic (exact) mass is 679 g/mol. The Morgan fingerprint density at radius 2 is 1.24 bits per heavy atom. The first-order valence-electron chi connectivity index (χ1n) is 16.3. The summed E-state index contributed by atoms with van der Waals surface area (Å²) in [7, 11) is 3.17. The Labute approximate surface area is 291 Å². The van der Waals surface area contributed by atoms with Crippen molar-refractivity contribution in [1.29, 1.82) is 0 Å². The van der Waals surface area contributed by atoms with Crippen LogP contribution in [0.5, 0.6) is 11.5 Å². The van der Waals surface area contributed by atoms with Gasteiger partial charge in [-0.1, -0.05) is 72.8 Å². The Hall–Kier alpha value is -5.44. The van der Waals surface area contributed by atoms with E-state index in [-0.39, 0.29) is 11.6 Å². The van der Waals surface area contributed by atoms with Gasteiger partial charge in [-0.05, 0) is 98.5 Å². The van der Waals surface area contributed by atoms with Crippen molar-refractivity contribution in [3.05, 3.63) is 155 Å². The molecule has 0 amide bonds. The summed E-state index contributed by atoms with van der Waals surface area (Å²) in [4.78, 5) is 4.60. The smallest absolute Gasteiger partial charge is 0.315 e. The lowest BCUT2D eigenvalue weighted by molar-refractivity contribution is -0.209. The van der Waals surface area contributed by atoms with Crippen molar-refractivity contribution in [2.75, 3.05) is 19.5 Å². The number of ether oxygens (including phenoxy) is 3. The van der Waals surface area contributed by atoms with Crippen molar-refractivity contribution in [1.82, 2.24) is 5.32 Å². The van der Waals surface area contributed by atoms with Crippen LogP contribution in [0.4, 0.5) is 24.5 Å². The standard InChI is InChI=1S/C41H40F3N3O3/c1-27-12-10-11-15-36(27)45-31-20-25-35(42)34(26-31)39(4)41(43,44)38(2,3)50-37(46-39)47-40(28-13-8-7-9-14-28,29-16-21-32(48-5)22-17-29)30-18-23-33(49-6)24-19-30/h7-26,45H,1-6H3,(H,46,47). The van der Waals surface area contributed by atoms with Crippen LogP contribution in [-0.4, -0.2) is 31.8 Å². The molecule has 6 nitrogen and oxygen atoms in total. The van der Waals surface area contributed by atoms with E-state index in [9.17, 15) is 0 Å². The van der Waals surface area contributed by atoms with Crippen molar-refractivity contribution in [2.24, 2.45) is 4.99 Å². The third-order valence-electron chi connectivity index (χ3n) is 9.51. The Morgan fingerprint density at radius 1 is 0.700 bits per heavy atom. The van der Waals surface area contributed by atoms with Crippen LogP contribution in [0.2, 0.25) is 0 Å². The molecule has 2 N–H and O–H groups in total. The highest BCUT2D eigenvalue weighted by atomic mass is 19.3. The molecule has 0 radical (unpaired) electrons. The Balaban J connectivity index is 1.56. The van der Waals surface area contributed by atoms with E-state index in [2.05, 4.69) is 15.6 Å². The molecule has 1 heterocycles. The van der Waals surface area contributed by atoms with Gasteiger partial charge in [0.15, 0.2) is 11.1 Å². The van der Waals surface area contributed by atoms with Gasteiger partial charge < -0.3 is 24.8 Å². The van der Waals surface area contributed by atoms with E-state index in [1.807, 2.05) is 110 Å². The van der Waals surface area contributed by atoms with Crippen molar-refractivity contribution in [3.8, 4) is 11.5 Å². The van der Waals surface area contributed by atoms with Crippen LogP contribution in [0.15, 0.2) is 126 Å².